The van der Waals surface area contributed by atoms with Crippen molar-refractivity contribution in [1.29, 1.82) is 0 Å². The predicted molar refractivity (Wildman–Crippen MR) is 115 cm³/mol. The molecule has 0 spiro atoms. The minimum atomic E-state index is -0.369. The topological polar surface area (TPSA) is 74.5 Å². The molecule has 1 aromatic heterocycles. The predicted octanol–water partition coefficient (Wildman–Crippen LogP) is 2.94. The van der Waals surface area contributed by atoms with Gasteiger partial charge in [-0.05, 0) is 30.7 Å². The molecule has 1 unspecified atom stereocenters. The van der Waals surface area contributed by atoms with Gasteiger partial charge in [0.15, 0.2) is 5.82 Å². The molecule has 1 fully saturated rings. The first-order valence-electron chi connectivity index (χ1n) is 10.4. The second-order valence-electron chi connectivity index (χ2n) is 7.75. The molecule has 0 saturated carbocycles. The van der Waals surface area contributed by atoms with Gasteiger partial charge in [-0.2, -0.15) is 4.98 Å². The van der Waals surface area contributed by atoms with Crippen molar-refractivity contribution in [2.75, 3.05) is 31.5 Å². The Morgan fingerprint density at radius 1 is 1.13 bits per heavy atom. The van der Waals surface area contributed by atoms with Gasteiger partial charge in [0, 0.05) is 38.3 Å². The van der Waals surface area contributed by atoms with Gasteiger partial charge in [-0.3, -0.25) is 14.6 Å². The molecule has 0 aliphatic carbocycles. The first kappa shape index (κ1) is 21.1. The van der Waals surface area contributed by atoms with Crippen LogP contribution in [-0.4, -0.2) is 58.1 Å². The highest BCUT2D eigenvalue weighted by Gasteiger charge is 2.26. The number of carbonyl (C=O) groups is 1. The summed E-state index contributed by atoms with van der Waals surface area (Å²) in [6.07, 6.45) is 0.649. The number of aromatic nitrogens is 2. The molecule has 2 aromatic carbocycles. The minimum Gasteiger partial charge on any atom is -0.338 e. The van der Waals surface area contributed by atoms with Gasteiger partial charge in [0.2, 0.25) is 11.8 Å². The van der Waals surface area contributed by atoms with Gasteiger partial charge in [0.25, 0.3) is 0 Å². The number of hydrogen-bond donors (Lipinski definition) is 1. The number of carbonyl (C=O) groups excluding carboxylic acids is 1. The second kappa shape index (κ2) is 9.80. The van der Waals surface area contributed by atoms with Crippen LogP contribution in [0, 0.1) is 5.82 Å². The Labute approximate surface area is 180 Å². The van der Waals surface area contributed by atoms with E-state index in [9.17, 15) is 9.18 Å². The Kier molecular flexibility index (Phi) is 6.69. The van der Waals surface area contributed by atoms with Gasteiger partial charge >= 0.3 is 0 Å². The van der Waals surface area contributed by atoms with Gasteiger partial charge in [0.05, 0.1) is 12.6 Å². The fourth-order valence-electron chi connectivity index (χ4n) is 3.68. The number of nitrogens with zero attached hydrogens (tertiary/aromatic N) is 4. The molecular formula is C23H26FN5O2. The van der Waals surface area contributed by atoms with E-state index < -0.39 is 0 Å². The van der Waals surface area contributed by atoms with Crippen LogP contribution in [0.1, 0.15) is 24.2 Å². The first-order valence-corrected chi connectivity index (χ1v) is 10.4. The normalized spacial score (nSPS) is 16.2. The van der Waals surface area contributed by atoms with E-state index in [1.165, 1.54) is 12.1 Å². The molecule has 31 heavy (non-hydrogen) atoms. The Balaban J connectivity index is 1.24. The fraction of sp³-hybridized carbons (Fsp3) is 0.348. The lowest BCUT2D eigenvalue weighted by molar-refractivity contribution is -0.121. The maximum Gasteiger partial charge on any atom is 0.241 e. The lowest BCUT2D eigenvalue weighted by atomic mass is 10.1. The van der Waals surface area contributed by atoms with Crippen LogP contribution in [0.25, 0.3) is 0 Å². The van der Waals surface area contributed by atoms with Crippen LogP contribution in [0.3, 0.4) is 0 Å². The van der Waals surface area contributed by atoms with Crippen LogP contribution in [-0.2, 0) is 17.8 Å². The number of piperazine rings is 1. The van der Waals surface area contributed by atoms with Crippen LogP contribution in [0.4, 0.5) is 10.1 Å². The summed E-state index contributed by atoms with van der Waals surface area (Å²) in [5.41, 5.74) is 1.62. The molecule has 0 radical (unpaired) electrons. The lowest BCUT2D eigenvalue weighted by Gasteiger charge is -2.36. The first-order chi connectivity index (χ1) is 15.1. The molecule has 162 valence electrons. The Morgan fingerprint density at radius 2 is 1.90 bits per heavy atom. The van der Waals surface area contributed by atoms with E-state index in [0.717, 1.165) is 31.7 Å². The maximum atomic E-state index is 13.3. The third-order valence-electron chi connectivity index (χ3n) is 5.50. The van der Waals surface area contributed by atoms with Crippen molar-refractivity contribution in [2.24, 2.45) is 0 Å². The van der Waals surface area contributed by atoms with E-state index in [1.807, 2.05) is 37.3 Å². The maximum absolute atomic E-state index is 13.3. The Hall–Kier alpha value is -3.10. The molecule has 8 heteroatoms. The fourth-order valence-corrected chi connectivity index (χ4v) is 3.68. The van der Waals surface area contributed by atoms with Crippen molar-refractivity contribution in [1.82, 2.24) is 19.9 Å². The average molecular weight is 423 g/mol. The zero-order valence-electron chi connectivity index (χ0n) is 17.5. The monoisotopic (exact) mass is 423 g/mol. The third kappa shape index (κ3) is 5.74. The molecule has 4 rings (SSSR count). The Bertz CT molecular complexity index is 1000. The van der Waals surface area contributed by atoms with E-state index in [2.05, 4.69) is 25.3 Å². The van der Waals surface area contributed by atoms with Crippen LogP contribution in [0.2, 0.25) is 0 Å². The highest BCUT2D eigenvalue weighted by molar-refractivity contribution is 5.94. The Morgan fingerprint density at radius 3 is 2.65 bits per heavy atom. The van der Waals surface area contributed by atoms with E-state index in [0.29, 0.717) is 30.4 Å². The summed E-state index contributed by atoms with van der Waals surface area (Å²) >= 11 is 0. The summed E-state index contributed by atoms with van der Waals surface area (Å²) in [5.74, 6) is 0.785. The SMILES string of the molecule is CC(C(=O)Nc1cccc(F)c1)N1CCN(Cc2nc(Cc3ccccc3)no2)CC1. The molecule has 1 amide bonds. The molecule has 0 bridgehead atoms. The number of amides is 1. The summed E-state index contributed by atoms with van der Waals surface area (Å²) in [6.45, 7) is 5.57. The molecule has 1 aliphatic rings. The average Bonchev–Trinajstić information content (AvgIpc) is 3.21. The zero-order chi connectivity index (χ0) is 21.6. The largest absolute Gasteiger partial charge is 0.338 e. The second-order valence-corrected chi connectivity index (χ2v) is 7.75. The summed E-state index contributed by atoms with van der Waals surface area (Å²) in [5, 5.41) is 6.87. The van der Waals surface area contributed by atoms with Crippen molar-refractivity contribution < 1.29 is 13.7 Å². The summed E-state index contributed by atoms with van der Waals surface area (Å²) in [6, 6.07) is 15.7. The third-order valence-corrected chi connectivity index (χ3v) is 5.50. The van der Waals surface area contributed by atoms with Crippen molar-refractivity contribution in [3.05, 3.63) is 77.7 Å². The lowest BCUT2D eigenvalue weighted by Crippen LogP contribution is -2.52. The molecule has 1 atom stereocenters. The number of halogens is 1. The van der Waals surface area contributed by atoms with Crippen molar-refractivity contribution in [3.8, 4) is 0 Å². The number of benzene rings is 2. The van der Waals surface area contributed by atoms with E-state index in [-0.39, 0.29) is 17.8 Å². The molecule has 2 heterocycles. The number of nitrogens with one attached hydrogen (secondary N) is 1. The highest BCUT2D eigenvalue weighted by atomic mass is 19.1. The van der Waals surface area contributed by atoms with Crippen molar-refractivity contribution in [3.63, 3.8) is 0 Å². The van der Waals surface area contributed by atoms with Crippen LogP contribution < -0.4 is 5.32 Å². The minimum absolute atomic E-state index is 0.137. The number of anilines is 1. The summed E-state index contributed by atoms with van der Waals surface area (Å²) in [4.78, 5) is 21.4. The van der Waals surface area contributed by atoms with Crippen LogP contribution in [0.15, 0.2) is 59.1 Å². The summed E-state index contributed by atoms with van der Waals surface area (Å²) in [7, 11) is 0. The van der Waals surface area contributed by atoms with Crippen LogP contribution in [0.5, 0.6) is 0 Å². The highest BCUT2D eigenvalue weighted by Crippen LogP contribution is 2.14. The number of rotatable bonds is 7. The molecule has 1 N–H and O–H groups in total. The molecule has 7 nitrogen and oxygen atoms in total. The summed E-state index contributed by atoms with van der Waals surface area (Å²) < 4.78 is 18.7. The van der Waals surface area contributed by atoms with E-state index >= 15 is 0 Å². The van der Waals surface area contributed by atoms with E-state index in [1.54, 1.807) is 12.1 Å². The van der Waals surface area contributed by atoms with Gasteiger partial charge in [-0.15, -0.1) is 0 Å². The smallest absolute Gasteiger partial charge is 0.241 e. The number of hydrogen-bond acceptors (Lipinski definition) is 6. The quantitative estimate of drug-likeness (QED) is 0.630. The van der Waals surface area contributed by atoms with Crippen molar-refractivity contribution >= 4 is 11.6 Å². The van der Waals surface area contributed by atoms with Gasteiger partial charge in [-0.1, -0.05) is 41.6 Å². The zero-order valence-corrected chi connectivity index (χ0v) is 17.5. The van der Waals surface area contributed by atoms with Gasteiger partial charge in [0.1, 0.15) is 5.82 Å². The van der Waals surface area contributed by atoms with Gasteiger partial charge < -0.3 is 9.84 Å². The molecule has 1 aliphatic heterocycles. The van der Waals surface area contributed by atoms with Crippen molar-refractivity contribution in [2.45, 2.75) is 25.9 Å². The van der Waals surface area contributed by atoms with Gasteiger partial charge in [-0.25, -0.2) is 4.39 Å². The van der Waals surface area contributed by atoms with E-state index in [4.69, 9.17) is 4.52 Å². The standard InChI is InChI=1S/C23H26FN5O2/c1-17(23(30)25-20-9-5-8-19(24)15-20)29-12-10-28(11-13-29)16-22-26-21(27-31-22)14-18-6-3-2-4-7-18/h2-9,15,17H,10-14,16H2,1H3,(H,25,30). The van der Waals surface area contributed by atoms with Crippen LogP contribution >= 0.6 is 0 Å². The molecular weight excluding hydrogens is 397 g/mol. The molecule has 1 saturated heterocycles. The molecule has 3 aromatic rings.